The van der Waals surface area contributed by atoms with Crippen molar-refractivity contribution in [3.8, 4) is 11.5 Å². The Morgan fingerprint density at radius 1 is 0.867 bits per heavy atom. The molecule has 6 heteroatoms. The van der Waals surface area contributed by atoms with Gasteiger partial charge in [0, 0.05) is 28.2 Å². The molecule has 0 saturated carbocycles. The van der Waals surface area contributed by atoms with Crippen molar-refractivity contribution in [3.05, 3.63) is 102 Å². The Kier molecular flexibility index (Phi) is 4.91. The van der Waals surface area contributed by atoms with E-state index in [0.717, 1.165) is 22.0 Å². The molecule has 5 rings (SSSR count). The molecule has 5 aromatic rings. The van der Waals surface area contributed by atoms with Gasteiger partial charge >= 0.3 is 0 Å². The van der Waals surface area contributed by atoms with Crippen molar-refractivity contribution in [2.75, 3.05) is 0 Å². The largest absolute Gasteiger partial charge is 0.411 e. The first kappa shape index (κ1) is 18.4. The van der Waals surface area contributed by atoms with Crippen LogP contribution < -0.4 is 0 Å². The smallest absolute Gasteiger partial charge is 0.277 e. The zero-order valence-corrected chi connectivity index (χ0v) is 16.7. The minimum absolute atomic E-state index is 0.0110. The number of aromatic amines is 1. The summed E-state index contributed by atoms with van der Waals surface area (Å²) in [6.45, 7) is 0. The van der Waals surface area contributed by atoms with Crippen LogP contribution in [-0.2, 0) is 0 Å². The van der Waals surface area contributed by atoms with Crippen LogP contribution in [0.25, 0.3) is 22.4 Å². The van der Waals surface area contributed by atoms with E-state index in [4.69, 9.17) is 4.42 Å². The first-order valence-corrected chi connectivity index (χ1v) is 10.4. The SMILES string of the molecule is O=C(c1c[nH]c2ccccc12)[C@@H](Sc1nnc(-c2ccccc2)o1)c1ccccc1. The zero-order valence-electron chi connectivity index (χ0n) is 15.9. The van der Waals surface area contributed by atoms with Crippen molar-refractivity contribution in [1.82, 2.24) is 15.2 Å². The molecular weight excluding hydrogens is 394 g/mol. The molecule has 2 heterocycles. The van der Waals surface area contributed by atoms with Crippen LogP contribution in [0.15, 0.2) is 101 Å². The fourth-order valence-corrected chi connectivity index (χ4v) is 4.32. The third-order valence-corrected chi connectivity index (χ3v) is 5.93. The van der Waals surface area contributed by atoms with Crippen LogP contribution in [0.3, 0.4) is 0 Å². The highest BCUT2D eigenvalue weighted by molar-refractivity contribution is 8.00. The predicted molar refractivity (Wildman–Crippen MR) is 117 cm³/mol. The second-order valence-electron chi connectivity index (χ2n) is 6.76. The number of thioether (sulfide) groups is 1. The highest BCUT2D eigenvalue weighted by Crippen LogP contribution is 2.39. The van der Waals surface area contributed by atoms with Crippen molar-refractivity contribution < 1.29 is 9.21 Å². The summed E-state index contributed by atoms with van der Waals surface area (Å²) in [5, 5.41) is 9.07. The third-order valence-electron chi connectivity index (χ3n) is 4.84. The number of ketones is 1. The van der Waals surface area contributed by atoms with Crippen LogP contribution in [-0.4, -0.2) is 21.0 Å². The molecule has 0 radical (unpaired) electrons. The summed E-state index contributed by atoms with van der Waals surface area (Å²) in [4.78, 5) is 16.8. The predicted octanol–water partition coefficient (Wildman–Crippen LogP) is 5.93. The molecular formula is C24H17N3O2S. The lowest BCUT2D eigenvalue weighted by molar-refractivity contribution is 0.0990. The van der Waals surface area contributed by atoms with Gasteiger partial charge in [0.25, 0.3) is 5.22 Å². The summed E-state index contributed by atoms with van der Waals surface area (Å²) in [6, 6.07) is 27.0. The number of para-hydroxylation sites is 1. The molecule has 30 heavy (non-hydrogen) atoms. The summed E-state index contributed by atoms with van der Waals surface area (Å²) in [5.41, 5.74) is 3.31. The number of carbonyl (C=O) groups is 1. The number of nitrogens with one attached hydrogen (secondary N) is 1. The maximum Gasteiger partial charge on any atom is 0.277 e. The van der Waals surface area contributed by atoms with Crippen molar-refractivity contribution in [1.29, 1.82) is 0 Å². The van der Waals surface area contributed by atoms with Gasteiger partial charge in [-0.1, -0.05) is 66.7 Å². The van der Waals surface area contributed by atoms with E-state index in [1.165, 1.54) is 11.8 Å². The lowest BCUT2D eigenvalue weighted by Crippen LogP contribution is -2.09. The van der Waals surface area contributed by atoms with Crippen LogP contribution in [0.5, 0.6) is 0 Å². The number of rotatable bonds is 6. The van der Waals surface area contributed by atoms with E-state index in [1.54, 1.807) is 6.20 Å². The molecule has 3 aromatic carbocycles. The number of benzene rings is 3. The monoisotopic (exact) mass is 411 g/mol. The molecule has 1 atom stereocenters. The van der Waals surface area contributed by atoms with Crippen molar-refractivity contribution >= 4 is 28.4 Å². The molecule has 0 unspecified atom stereocenters. The maximum absolute atomic E-state index is 13.6. The van der Waals surface area contributed by atoms with Crippen LogP contribution in [0, 0.1) is 0 Å². The Hall–Kier alpha value is -3.64. The average Bonchev–Trinajstić information content (AvgIpc) is 3.45. The molecule has 0 aliphatic rings. The number of Topliss-reactive ketones (excluding diaryl/α,β-unsaturated/α-hetero) is 1. The molecule has 1 N–H and O–H groups in total. The van der Waals surface area contributed by atoms with Gasteiger partial charge in [0.15, 0.2) is 5.78 Å². The van der Waals surface area contributed by atoms with E-state index in [2.05, 4.69) is 15.2 Å². The second-order valence-corrected chi connectivity index (χ2v) is 7.82. The van der Waals surface area contributed by atoms with E-state index in [0.29, 0.717) is 16.7 Å². The number of H-pyrrole nitrogens is 1. The number of hydrogen-bond acceptors (Lipinski definition) is 5. The third kappa shape index (κ3) is 3.53. The fourth-order valence-electron chi connectivity index (χ4n) is 3.37. The van der Waals surface area contributed by atoms with Crippen molar-refractivity contribution in [3.63, 3.8) is 0 Å². The Bertz CT molecular complexity index is 1300. The number of fused-ring (bicyclic) bond motifs is 1. The van der Waals surface area contributed by atoms with Gasteiger partial charge in [-0.05, 0) is 35.5 Å². The molecule has 0 aliphatic heterocycles. The Morgan fingerprint density at radius 2 is 1.57 bits per heavy atom. The summed E-state index contributed by atoms with van der Waals surface area (Å²) in [5.74, 6) is 0.424. The van der Waals surface area contributed by atoms with E-state index < -0.39 is 5.25 Å². The zero-order chi connectivity index (χ0) is 20.3. The van der Waals surface area contributed by atoms with Crippen LogP contribution >= 0.6 is 11.8 Å². The summed E-state index contributed by atoms with van der Waals surface area (Å²) >= 11 is 1.27. The van der Waals surface area contributed by atoms with Crippen LogP contribution in [0.2, 0.25) is 0 Å². The van der Waals surface area contributed by atoms with Crippen molar-refractivity contribution in [2.24, 2.45) is 0 Å². The van der Waals surface area contributed by atoms with Crippen LogP contribution in [0.1, 0.15) is 21.2 Å². The first-order chi connectivity index (χ1) is 14.8. The molecule has 0 saturated heterocycles. The van der Waals surface area contributed by atoms with E-state index >= 15 is 0 Å². The van der Waals surface area contributed by atoms with Gasteiger partial charge < -0.3 is 9.40 Å². The quantitative estimate of drug-likeness (QED) is 0.277. The minimum atomic E-state index is -0.505. The molecule has 0 spiro atoms. The molecule has 5 nitrogen and oxygen atoms in total. The first-order valence-electron chi connectivity index (χ1n) is 9.50. The minimum Gasteiger partial charge on any atom is -0.411 e. The van der Waals surface area contributed by atoms with Gasteiger partial charge in [-0.2, -0.15) is 0 Å². The number of carbonyl (C=O) groups excluding carboxylic acids is 1. The van der Waals surface area contributed by atoms with Gasteiger partial charge in [0.05, 0.1) is 0 Å². The average molecular weight is 411 g/mol. The number of aromatic nitrogens is 3. The molecule has 0 aliphatic carbocycles. The summed E-state index contributed by atoms with van der Waals surface area (Å²) in [6.07, 6.45) is 1.77. The van der Waals surface area contributed by atoms with Gasteiger partial charge in [0.2, 0.25) is 5.89 Å². The second kappa shape index (κ2) is 8.00. The molecule has 2 aromatic heterocycles. The van der Waals surface area contributed by atoms with E-state index in [-0.39, 0.29) is 5.78 Å². The Labute approximate surface area is 177 Å². The molecule has 146 valence electrons. The number of hydrogen-bond donors (Lipinski definition) is 1. The lowest BCUT2D eigenvalue weighted by Gasteiger charge is -2.13. The lowest BCUT2D eigenvalue weighted by atomic mass is 10.0. The maximum atomic E-state index is 13.6. The highest BCUT2D eigenvalue weighted by Gasteiger charge is 2.27. The summed E-state index contributed by atoms with van der Waals surface area (Å²) < 4.78 is 5.86. The van der Waals surface area contributed by atoms with Gasteiger partial charge in [-0.25, -0.2) is 0 Å². The van der Waals surface area contributed by atoms with E-state index in [9.17, 15) is 4.79 Å². The normalized spacial score (nSPS) is 12.1. The molecule has 0 bridgehead atoms. The van der Waals surface area contributed by atoms with Gasteiger partial charge in [-0.15, -0.1) is 10.2 Å². The highest BCUT2D eigenvalue weighted by atomic mass is 32.2. The van der Waals surface area contributed by atoms with E-state index in [1.807, 2.05) is 84.9 Å². The number of nitrogens with zero attached hydrogens (tertiary/aromatic N) is 2. The van der Waals surface area contributed by atoms with Gasteiger partial charge in [-0.3, -0.25) is 4.79 Å². The topological polar surface area (TPSA) is 71.8 Å². The Morgan fingerprint density at radius 3 is 2.37 bits per heavy atom. The van der Waals surface area contributed by atoms with Gasteiger partial charge in [0.1, 0.15) is 5.25 Å². The molecule has 0 amide bonds. The standard InChI is InChI=1S/C24H17N3O2S/c28-21(19-15-25-20-14-8-7-13-18(19)20)22(16-9-3-1-4-10-16)30-24-27-26-23(29-24)17-11-5-2-6-12-17/h1-15,22,25H/t22-/m0/s1. The summed E-state index contributed by atoms with van der Waals surface area (Å²) in [7, 11) is 0. The van der Waals surface area contributed by atoms with Crippen LogP contribution in [0.4, 0.5) is 0 Å². The molecule has 0 fully saturated rings. The fraction of sp³-hybridized carbons (Fsp3) is 0.0417. The Balaban J connectivity index is 1.50. The van der Waals surface area contributed by atoms with Crippen molar-refractivity contribution in [2.45, 2.75) is 10.5 Å².